The number of anilines is 2. The van der Waals surface area contributed by atoms with Crippen LogP contribution in [-0.2, 0) is 16.1 Å². The van der Waals surface area contributed by atoms with Gasteiger partial charge in [0.05, 0.1) is 0 Å². The monoisotopic (exact) mass is 361 g/mol. The van der Waals surface area contributed by atoms with Crippen molar-refractivity contribution in [1.29, 1.82) is 0 Å². The van der Waals surface area contributed by atoms with Gasteiger partial charge in [-0.1, -0.05) is 27.7 Å². The van der Waals surface area contributed by atoms with Gasteiger partial charge in [-0.05, 0) is 43.5 Å². The number of nitrogens with one attached hydrogen (secondary N) is 1. The van der Waals surface area contributed by atoms with E-state index in [1.165, 1.54) is 0 Å². The largest absolute Gasteiger partial charge is 0.377 e. The fraction of sp³-hybridized carbons (Fsp3) is 0.619. The van der Waals surface area contributed by atoms with E-state index in [0.29, 0.717) is 18.9 Å². The lowest BCUT2D eigenvalue weighted by Crippen LogP contribution is -2.39. The summed E-state index contributed by atoms with van der Waals surface area (Å²) in [4.78, 5) is 28.6. The summed E-state index contributed by atoms with van der Waals surface area (Å²) in [7, 11) is 3.97. The summed E-state index contributed by atoms with van der Waals surface area (Å²) < 4.78 is 0. The molecule has 0 unspecified atom stereocenters. The van der Waals surface area contributed by atoms with E-state index < -0.39 is 0 Å². The maximum atomic E-state index is 12.6. The van der Waals surface area contributed by atoms with E-state index in [4.69, 9.17) is 0 Å². The minimum atomic E-state index is -0.0471. The molecule has 146 valence electrons. The Morgan fingerprint density at radius 3 is 2.12 bits per heavy atom. The zero-order valence-electron chi connectivity index (χ0n) is 17.6. The Hall–Kier alpha value is -2.04. The first-order chi connectivity index (χ1) is 12.0. The lowest BCUT2D eigenvalue weighted by molar-refractivity contribution is -0.136. The molecule has 1 aromatic rings. The molecule has 0 aliphatic heterocycles. The van der Waals surface area contributed by atoms with Crippen LogP contribution in [0.25, 0.3) is 0 Å². The van der Waals surface area contributed by atoms with Gasteiger partial charge in [0, 0.05) is 50.4 Å². The van der Waals surface area contributed by atoms with Crippen LogP contribution in [0.3, 0.4) is 0 Å². The third-order valence-electron chi connectivity index (χ3n) is 4.18. The highest BCUT2D eigenvalue weighted by atomic mass is 16.2. The molecule has 0 saturated heterocycles. The van der Waals surface area contributed by atoms with Crippen molar-refractivity contribution < 1.29 is 9.59 Å². The molecule has 0 spiro atoms. The summed E-state index contributed by atoms with van der Waals surface area (Å²) in [6.45, 7) is 12.5. The van der Waals surface area contributed by atoms with Gasteiger partial charge < -0.3 is 15.1 Å². The topological polar surface area (TPSA) is 52.7 Å². The molecule has 5 heteroatoms. The van der Waals surface area contributed by atoms with Crippen LogP contribution in [0.2, 0.25) is 0 Å². The summed E-state index contributed by atoms with van der Waals surface area (Å²) in [6, 6.07) is 6.01. The van der Waals surface area contributed by atoms with Crippen LogP contribution >= 0.6 is 0 Å². The van der Waals surface area contributed by atoms with Crippen molar-refractivity contribution in [3.63, 3.8) is 0 Å². The maximum absolute atomic E-state index is 12.6. The average molecular weight is 362 g/mol. The van der Waals surface area contributed by atoms with E-state index >= 15 is 0 Å². The predicted molar refractivity (Wildman–Crippen MR) is 109 cm³/mol. The van der Waals surface area contributed by atoms with Gasteiger partial charge in [-0.2, -0.15) is 0 Å². The average Bonchev–Trinajstić information content (AvgIpc) is 2.50. The number of amides is 2. The number of hydrogen-bond acceptors (Lipinski definition) is 3. The summed E-state index contributed by atoms with van der Waals surface area (Å²) >= 11 is 0. The smallest absolute Gasteiger partial charge is 0.225 e. The van der Waals surface area contributed by atoms with Crippen molar-refractivity contribution in [1.82, 2.24) is 4.90 Å². The molecule has 0 heterocycles. The Kier molecular flexibility index (Phi) is 8.12. The summed E-state index contributed by atoms with van der Waals surface area (Å²) in [5, 5.41) is 2.97. The fourth-order valence-corrected chi connectivity index (χ4v) is 2.84. The minimum absolute atomic E-state index is 0.0162. The lowest BCUT2D eigenvalue weighted by Gasteiger charge is -2.30. The van der Waals surface area contributed by atoms with Crippen molar-refractivity contribution in [2.45, 2.75) is 60.5 Å². The van der Waals surface area contributed by atoms with Gasteiger partial charge in [-0.25, -0.2) is 0 Å². The zero-order valence-corrected chi connectivity index (χ0v) is 17.6. The number of nitrogens with zero attached hydrogens (tertiary/aromatic N) is 2. The second-order valence-corrected chi connectivity index (χ2v) is 8.10. The Labute approximate surface area is 158 Å². The molecule has 26 heavy (non-hydrogen) atoms. The Balaban J connectivity index is 3.14. The molecule has 0 fully saturated rings. The Bertz CT molecular complexity index is 622. The van der Waals surface area contributed by atoms with Crippen LogP contribution < -0.4 is 10.2 Å². The summed E-state index contributed by atoms with van der Waals surface area (Å²) in [5.74, 6) is 0.422. The van der Waals surface area contributed by atoms with E-state index in [1.54, 1.807) is 0 Å². The van der Waals surface area contributed by atoms with Crippen LogP contribution in [0.4, 0.5) is 11.4 Å². The molecule has 1 N–H and O–H groups in total. The predicted octanol–water partition coefficient (Wildman–Crippen LogP) is 4.13. The molecule has 1 aromatic carbocycles. The first-order valence-electron chi connectivity index (χ1n) is 9.43. The van der Waals surface area contributed by atoms with Crippen LogP contribution in [0.5, 0.6) is 0 Å². The van der Waals surface area contributed by atoms with E-state index in [2.05, 4.69) is 5.32 Å². The fourth-order valence-electron chi connectivity index (χ4n) is 2.84. The molecular formula is C21H35N3O2. The van der Waals surface area contributed by atoms with Crippen molar-refractivity contribution in [2.24, 2.45) is 11.8 Å². The van der Waals surface area contributed by atoms with Crippen LogP contribution in [0.1, 0.15) is 53.5 Å². The second kappa shape index (κ2) is 9.60. The number of rotatable bonds is 8. The molecule has 5 nitrogen and oxygen atoms in total. The highest BCUT2D eigenvalue weighted by Crippen LogP contribution is 2.26. The van der Waals surface area contributed by atoms with E-state index in [-0.39, 0.29) is 23.8 Å². The summed E-state index contributed by atoms with van der Waals surface area (Å²) in [6.07, 6.45) is 0.495. The van der Waals surface area contributed by atoms with Gasteiger partial charge in [0.2, 0.25) is 11.8 Å². The lowest BCUT2D eigenvalue weighted by atomic mass is 10.1. The Morgan fingerprint density at radius 2 is 1.65 bits per heavy atom. The Morgan fingerprint density at radius 1 is 1.04 bits per heavy atom. The van der Waals surface area contributed by atoms with Gasteiger partial charge in [0.1, 0.15) is 0 Å². The van der Waals surface area contributed by atoms with E-state index in [1.807, 2.05) is 83.6 Å². The highest BCUT2D eigenvalue weighted by molar-refractivity contribution is 5.91. The van der Waals surface area contributed by atoms with Crippen LogP contribution in [0, 0.1) is 11.8 Å². The first-order valence-corrected chi connectivity index (χ1v) is 9.43. The third-order valence-corrected chi connectivity index (χ3v) is 4.18. The molecule has 0 atom stereocenters. The van der Waals surface area contributed by atoms with Gasteiger partial charge in [0.25, 0.3) is 0 Å². The quantitative estimate of drug-likeness (QED) is 0.757. The van der Waals surface area contributed by atoms with Crippen molar-refractivity contribution >= 4 is 23.2 Å². The second-order valence-electron chi connectivity index (χ2n) is 8.10. The molecule has 0 saturated carbocycles. The molecule has 0 aromatic heterocycles. The number of carbonyl (C=O) groups is 2. The molecular weight excluding hydrogens is 326 g/mol. The van der Waals surface area contributed by atoms with Gasteiger partial charge in [-0.15, -0.1) is 0 Å². The third kappa shape index (κ3) is 6.36. The van der Waals surface area contributed by atoms with Gasteiger partial charge >= 0.3 is 0 Å². The molecule has 0 radical (unpaired) electrons. The van der Waals surface area contributed by atoms with Crippen LogP contribution in [0.15, 0.2) is 18.2 Å². The minimum Gasteiger partial charge on any atom is -0.377 e. The maximum Gasteiger partial charge on any atom is 0.225 e. The highest BCUT2D eigenvalue weighted by Gasteiger charge is 2.22. The summed E-state index contributed by atoms with van der Waals surface area (Å²) in [5.41, 5.74) is 2.85. The molecule has 0 aliphatic rings. The molecule has 1 rings (SSSR count). The zero-order chi connectivity index (χ0) is 20.0. The van der Waals surface area contributed by atoms with Crippen LogP contribution in [-0.4, -0.2) is 36.9 Å². The normalized spacial score (nSPS) is 11.2. The van der Waals surface area contributed by atoms with Crippen molar-refractivity contribution in [2.75, 3.05) is 24.3 Å². The van der Waals surface area contributed by atoms with Gasteiger partial charge in [-0.3, -0.25) is 9.59 Å². The van der Waals surface area contributed by atoms with E-state index in [9.17, 15) is 9.59 Å². The molecule has 0 bridgehead atoms. The molecule has 0 aliphatic carbocycles. The number of benzene rings is 1. The van der Waals surface area contributed by atoms with Crippen molar-refractivity contribution in [3.05, 3.63) is 23.8 Å². The number of hydrogen-bond donors (Lipinski definition) is 1. The van der Waals surface area contributed by atoms with Gasteiger partial charge in [0.15, 0.2) is 0 Å². The van der Waals surface area contributed by atoms with E-state index in [0.717, 1.165) is 16.9 Å². The molecule has 2 amide bonds. The van der Waals surface area contributed by atoms with Crippen molar-refractivity contribution in [3.8, 4) is 0 Å². The first kappa shape index (κ1) is 22.0. The standard InChI is InChI=1S/C21H35N3O2/c1-14(2)11-20(25)22-18-9-10-19(23(7)8)17(12-18)13-24(16(5)6)21(26)15(3)4/h9-10,12,14-16H,11,13H2,1-8H3,(H,22,25). The number of carbonyl (C=O) groups excluding carboxylic acids is 2. The SMILES string of the molecule is CC(C)CC(=O)Nc1ccc(N(C)C)c(CN(C(=O)C(C)C)C(C)C)c1.